The number of rotatable bonds is 2. The third kappa shape index (κ3) is 1.72. The summed E-state index contributed by atoms with van der Waals surface area (Å²) in [7, 11) is 0. The molecule has 0 aromatic rings. The fourth-order valence-electron chi connectivity index (χ4n) is 5.17. The first kappa shape index (κ1) is 12.6. The molecule has 0 aromatic heterocycles. The van der Waals surface area contributed by atoms with Crippen molar-refractivity contribution in [2.24, 2.45) is 29.6 Å². The molecule has 0 amide bonds. The normalized spacial score (nSPS) is 49.4. The van der Waals surface area contributed by atoms with E-state index in [0.29, 0.717) is 11.8 Å². The zero-order valence-electron chi connectivity index (χ0n) is 11.4. The second-order valence-corrected chi connectivity index (χ2v) is 7.05. The maximum Gasteiger partial charge on any atom is 0.314 e. The second kappa shape index (κ2) is 4.20. The summed E-state index contributed by atoms with van der Waals surface area (Å²) in [4.78, 5) is 22.9. The van der Waals surface area contributed by atoms with Crippen LogP contribution in [0, 0.1) is 29.6 Å². The van der Waals surface area contributed by atoms with Crippen molar-refractivity contribution in [3.8, 4) is 0 Å². The molecular formula is C15H20O5. The first-order chi connectivity index (χ1) is 9.57. The Morgan fingerprint density at radius 2 is 1.75 bits per heavy atom. The van der Waals surface area contributed by atoms with Gasteiger partial charge in [0.25, 0.3) is 0 Å². The molecule has 0 aromatic carbocycles. The van der Waals surface area contributed by atoms with Gasteiger partial charge in [-0.2, -0.15) is 0 Å². The molecule has 4 saturated carbocycles. The van der Waals surface area contributed by atoms with Crippen molar-refractivity contribution >= 4 is 11.9 Å². The van der Waals surface area contributed by atoms with E-state index >= 15 is 0 Å². The fraction of sp³-hybridized carbons (Fsp3) is 0.867. The minimum atomic E-state index is -0.975. The number of esters is 1. The van der Waals surface area contributed by atoms with E-state index in [1.807, 2.05) is 0 Å². The van der Waals surface area contributed by atoms with Crippen LogP contribution in [0.1, 0.15) is 38.5 Å². The van der Waals surface area contributed by atoms with Gasteiger partial charge in [-0.25, -0.2) is 0 Å². The van der Waals surface area contributed by atoms with Crippen molar-refractivity contribution in [1.82, 2.24) is 0 Å². The molecule has 5 nitrogen and oxygen atoms in total. The zero-order chi connectivity index (χ0) is 13.9. The third-order valence-corrected chi connectivity index (χ3v) is 5.80. The first-order valence-electron chi connectivity index (χ1n) is 7.65. The third-order valence-electron chi connectivity index (χ3n) is 5.80. The van der Waals surface area contributed by atoms with Crippen LogP contribution < -0.4 is 0 Å². The van der Waals surface area contributed by atoms with Crippen molar-refractivity contribution in [2.75, 3.05) is 6.61 Å². The molecule has 1 atom stereocenters. The molecule has 1 N–H and O–H groups in total. The minimum Gasteiger partial charge on any atom is -0.481 e. The average Bonchev–Trinajstić information content (AvgIpc) is 2.38. The smallest absolute Gasteiger partial charge is 0.314 e. The maximum atomic E-state index is 12.2. The molecular weight excluding hydrogens is 260 g/mol. The van der Waals surface area contributed by atoms with Gasteiger partial charge in [-0.3, -0.25) is 9.59 Å². The van der Waals surface area contributed by atoms with E-state index in [9.17, 15) is 9.59 Å². The van der Waals surface area contributed by atoms with E-state index in [-0.39, 0.29) is 19.0 Å². The largest absolute Gasteiger partial charge is 0.481 e. The van der Waals surface area contributed by atoms with Crippen LogP contribution in [-0.2, 0) is 19.1 Å². The molecule has 1 saturated heterocycles. The van der Waals surface area contributed by atoms with Gasteiger partial charge in [-0.05, 0) is 43.9 Å². The molecule has 1 unspecified atom stereocenters. The van der Waals surface area contributed by atoms with Crippen molar-refractivity contribution in [1.29, 1.82) is 0 Å². The molecule has 1 aliphatic heterocycles. The van der Waals surface area contributed by atoms with Crippen LogP contribution in [0.5, 0.6) is 0 Å². The number of hydrogen-bond donors (Lipinski definition) is 1. The topological polar surface area (TPSA) is 72.8 Å². The second-order valence-electron chi connectivity index (χ2n) is 7.05. The summed E-state index contributed by atoms with van der Waals surface area (Å²) < 4.78 is 11.8. The SMILES string of the molecule is O=C(O)CC1COC2(OC1=O)C1CC3CC(C1)CC2C3. The number of hydrogen-bond acceptors (Lipinski definition) is 4. The van der Waals surface area contributed by atoms with Crippen LogP contribution >= 0.6 is 0 Å². The fourth-order valence-corrected chi connectivity index (χ4v) is 5.17. The van der Waals surface area contributed by atoms with E-state index in [0.717, 1.165) is 37.5 Å². The Morgan fingerprint density at radius 1 is 1.15 bits per heavy atom. The van der Waals surface area contributed by atoms with Gasteiger partial charge in [0.2, 0.25) is 5.79 Å². The average molecular weight is 280 g/mol. The van der Waals surface area contributed by atoms with Crippen molar-refractivity contribution < 1.29 is 24.2 Å². The maximum absolute atomic E-state index is 12.2. The van der Waals surface area contributed by atoms with Crippen LogP contribution in [-0.4, -0.2) is 29.4 Å². The zero-order valence-corrected chi connectivity index (χ0v) is 11.4. The van der Waals surface area contributed by atoms with Gasteiger partial charge in [-0.15, -0.1) is 0 Å². The minimum absolute atomic E-state index is 0.199. The van der Waals surface area contributed by atoms with Gasteiger partial charge in [-0.1, -0.05) is 0 Å². The summed E-state index contributed by atoms with van der Waals surface area (Å²) in [5.41, 5.74) is 0. The highest BCUT2D eigenvalue weighted by Crippen LogP contribution is 2.60. The lowest BCUT2D eigenvalue weighted by Gasteiger charge is -2.60. The van der Waals surface area contributed by atoms with Crippen molar-refractivity contribution in [2.45, 2.75) is 44.3 Å². The molecule has 5 aliphatic rings. The van der Waals surface area contributed by atoms with E-state index in [1.54, 1.807) is 0 Å². The molecule has 5 heteroatoms. The molecule has 110 valence electrons. The summed E-state index contributed by atoms with van der Waals surface area (Å²) in [5.74, 6) is -0.496. The summed E-state index contributed by atoms with van der Waals surface area (Å²) in [5, 5.41) is 8.82. The van der Waals surface area contributed by atoms with Crippen molar-refractivity contribution in [3.63, 3.8) is 0 Å². The van der Waals surface area contributed by atoms with Gasteiger partial charge in [0, 0.05) is 11.8 Å². The molecule has 5 rings (SSSR count). The number of carbonyl (C=O) groups excluding carboxylic acids is 1. The first-order valence-corrected chi connectivity index (χ1v) is 7.65. The summed E-state index contributed by atoms with van der Waals surface area (Å²) >= 11 is 0. The Kier molecular flexibility index (Phi) is 2.65. The van der Waals surface area contributed by atoms with Crippen LogP contribution in [0.25, 0.3) is 0 Å². The van der Waals surface area contributed by atoms with Gasteiger partial charge in [0.15, 0.2) is 0 Å². The lowest BCUT2D eigenvalue weighted by Crippen LogP contribution is -2.64. The Labute approximate surface area is 117 Å². The van der Waals surface area contributed by atoms with Crippen LogP contribution in [0.2, 0.25) is 0 Å². The lowest BCUT2D eigenvalue weighted by molar-refractivity contribution is -0.344. The summed E-state index contributed by atoms with van der Waals surface area (Å²) in [6.07, 6.45) is 5.54. The number of carboxylic acids is 1. The Balaban J connectivity index is 1.55. The summed E-state index contributed by atoms with van der Waals surface area (Å²) in [6.45, 7) is 0.202. The van der Waals surface area contributed by atoms with Crippen LogP contribution in [0.3, 0.4) is 0 Å². The molecule has 0 radical (unpaired) electrons. The van der Waals surface area contributed by atoms with Gasteiger partial charge in [0.05, 0.1) is 18.9 Å². The molecule has 1 spiro atoms. The quantitative estimate of drug-likeness (QED) is 0.781. The number of aliphatic carboxylic acids is 1. The molecule has 4 aliphatic carbocycles. The monoisotopic (exact) mass is 280 g/mol. The highest BCUT2D eigenvalue weighted by molar-refractivity contribution is 5.79. The predicted octanol–water partition coefficient (Wildman–Crippen LogP) is 1.80. The van der Waals surface area contributed by atoms with E-state index < -0.39 is 17.7 Å². The van der Waals surface area contributed by atoms with Gasteiger partial charge in [0.1, 0.15) is 0 Å². The van der Waals surface area contributed by atoms with E-state index in [4.69, 9.17) is 14.6 Å². The molecule has 1 heterocycles. The van der Waals surface area contributed by atoms with Gasteiger partial charge < -0.3 is 14.6 Å². The Morgan fingerprint density at radius 3 is 2.25 bits per heavy atom. The predicted molar refractivity (Wildman–Crippen MR) is 67.6 cm³/mol. The highest BCUT2D eigenvalue weighted by Gasteiger charge is 2.62. The molecule has 5 fully saturated rings. The van der Waals surface area contributed by atoms with Gasteiger partial charge >= 0.3 is 11.9 Å². The van der Waals surface area contributed by atoms with E-state index in [2.05, 4.69) is 0 Å². The van der Waals surface area contributed by atoms with Crippen molar-refractivity contribution in [3.05, 3.63) is 0 Å². The standard InChI is InChI=1S/C15H20O5/c16-13(17)6-10-7-19-15(20-14(10)18)11-2-8-1-9(4-11)5-12(15)3-8/h8-12H,1-7H2,(H,16,17). The van der Waals surface area contributed by atoms with Crippen LogP contribution in [0.4, 0.5) is 0 Å². The molecule has 4 bridgehead atoms. The Hall–Kier alpha value is -1.10. The van der Waals surface area contributed by atoms with Crippen LogP contribution in [0.15, 0.2) is 0 Å². The number of carbonyl (C=O) groups is 2. The Bertz CT molecular complexity index is 429. The number of ether oxygens (including phenoxy) is 2. The van der Waals surface area contributed by atoms with E-state index in [1.165, 1.54) is 6.42 Å². The lowest BCUT2D eigenvalue weighted by atomic mass is 9.53. The summed E-state index contributed by atoms with van der Waals surface area (Å²) in [6, 6.07) is 0. The highest BCUT2D eigenvalue weighted by atomic mass is 16.7. The molecule has 20 heavy (non-hydrogen) atoms. The number of carboxylic acid groups (broad SMARTS) is 1.